The number of ether oxygens (including phenoxy) is 1. The topological polar surface area (TPSA) is 75.7 Å². The fraction of sp³-hybridized carbons (Fsp3) is 0.174. The minimum Gasteiger partial charge on any atom is -0.484 e. The van der Waals surface area contributed by atoms with Gasteiger partial charge in [-0.3, -0.25) is 9.10 Å². The second kappa shape index (κ2) is 10.3. The van der Waals surface area contributed by atoms with E-state index in [0.29, 0.717) is 27.2 Å². The molecule has 0 saturated carbocycles. The van der Waals surface area contributed by atoms with Gasteiger partial charge >= 0.3 is 0 Å². The van der Waals surface area contributed by atoms with E-state index in [0.717, 1.165) is 5.56 Å². The second-order valence-electron chi connectivity index (χ2n) is 6.94. The molecular formula is C23H22Cl2N2O4S. The summed E-state index contributed by atoms with van der Waals surface area (Å²) in [5.41, 5.74) is 1.99. The second-order valence-corrected chi connectivity index (χ2v) is 9.62. The predicted octanol–water partition coefficient (Wildman–Crippen LogP) is 5.53. The van der Waals surface area contributed by atoms with Crippen molar-refractivity contribution in [3.05, 3.63) is 82.3 Å². The summed E-state index contributed by atoms with van der Waals surface area (Å²) in [6.45, 7) is 3.71. The van der Waals surface area contributed by atoms with Gasteiger partial charge in [-0.05, 0) is 68.4 Å². The van der Waals surface area contributed by atoms with Crippen molar-refractivity contribution in [3.63, 3.8) is 0 Å². The monoisotopic (exact) mass is 492 g/mol. The molecule has 32 heavy (non-hydrogen) atoms. The molecule has 0 spiro atoms. The molecule has 3 rings (SSSR count). The predicted molar refractivity (Wildman–Crippen MR) is 128 cm³/mol. The molecule has 6 nitrogen and oxygen atoms in total. The van der Waals surface area contributed by atoms with Crippen LogP contribution in [-0.2, 0) is 14.8 Å². The van der Waals surface area contributed by atoms with Gasteiger partial charge in [-0.25, -0.2) is 8.42 Å². The minimum atomic E-state index is -3.69. The fourth-order valence-electron chi connectivity index (χ4n) is 2.96. The van der Waals surface area contributed by atoms with E-state index < -0.39 is 10.0 Å². The number of nitrogens with one attached hydrogen (secondary N) is 1. The summed E-state index contributed by atoms with van der Waals surface area (Å²) in [5.74, 6) is 0.0615. The first-order valence-electron chi connectivity index (χ1n) is 9.78. The van der Waals surface area contributed by atoms with Gasteiger partial charge in [0, 0.05) is 12.2 Å². The van der Waals surface area contributed by atoms with Gasteiger partial charge in [0.1, 0.15) is 5.75 Å². The first kappa shape index (κ1) is 23.9. The number of nitrogens with zero attached hydrogens (tertiary/aromatic N) is 1. The van der Waals surface area contributed by atoms with Gasteiger partial charge in [-0.2, -0.15) is 0 Å². The van der Waals surface area contributed by atoms with Crippen molar-refractivity contribution in [2.75, 3.05) is 22.8 Å². The zero-order valence-corrected chi connectivity index (χ0v) is 19.8. The molecule has 0 aromatic heterocycles. The number of halogens is 2. The fourth-order valence-corrected chi connectivity index (χ4v) is 4.73. The lowest BCUT2D eigenvalue weighted by atomic mass is 10.2. The summed E-state index contributed by atoms with van der Waals surface area (Å²) in [6, 6.07) is 18.0. The molecule has 1 N–H and O–H groups in total. The molecule has 0 atom stereocenters. The highest BCUT2D eigenvalue weighted by Crippen LogP contribution is 2.27. The maximum absolute atomic E-state index is 13.0. The molecule has 0 aliphatic rings. The Morgan fingerprint density at radius 1 is 0.969 bits per heavy atom. The Hall–Kier alpha value is -2.74. The number of carbonyl (C=O) groups excluding carboxylic acids is 1. The highest BCUT2D eigenvalue weighted by atomic mass is 35.5. The quantitative estimate of drug-likeness (QED) is 0.448. The SMILES string of the molecule is CCN(c1ccc(OCC(=O)Nc2ccc(Cl)c(Cl)c2)cc1)S(=O)(=O)c1ccc(C)cc1. The van der Waals surface area contributed by atoms with E-state index in [1.54, 1.807) is 73.7 Å². The number of hydrogen-bond acceptors (Lipinski definition) is 4. The highest BCUT2D eigenvalue weighted by Gasteiger charge is 2.23. The van der Waals surface area contributed by atoms with Crippen LogP contribution < -0.4 is 14.4 Å². The van der Waals surface area contributed by atoms with Gasteiger partial charge in [0.05, 0.1) is 20.6 Å². The number of aryl methyl sites for hydroxylation is 1. The molecule has 0 aliphatic heterocycles. The van der Waals surface area contributed by atoms with Crippen LogP contribution in [0.5, 0.6) is 5.75 Å². The third-order valence-electron chi connectivity index (χ3n) is 4.59. The van der Waals surface area contributed by atoms with Gasteiger partial charge in [0.15, 0.2) is 6.61 Å². The summed E-state index contributed by atoms with van der Waals surface area (Å²) in [4.78, 5) is 12.3. The van der Waals surface area contributed by atoms with Crippen molar-refractivity contribution in [2.24, 2.45) is 0 Å². The Labute approximate surface area is 197 Å². The molecule has 3 aromatic rings. The van der Waals surface area contributed by atoms with Crippen molar-refractivity contribution in [1.29, 1.82) is 0 Å². The Bertz CT molecular complexity index is 1200. The smallest absolute Gasteiger partial charge is 0.264 e. The van der Waals surface area contributed by atoms with Gasteiger partial charge in [-0.15, -0.1) is 0 Å². The van der Waals surface area contributed by atoms with Crippen LogP contribution in [0.1, 0.15) is 12.5 Å². The van der Waals surface area contributed by atoms with Gasteiger partial charge < -0.3 is 10.1 Å². The maximum atomic E-state index is 13.0. The van der Waals surface area contributed by atoms with E-state index in [-0.39, 0.29) is 24.0 Å². The molecule has 0 aliphatic carbocycles. The number of anilines is 2. The van der Waals surface area contributed by atoms with Crippen LogP contribution in [0, 0.1) is 6.92 Å². The molecule has 0 saturated heterocycles. The number of sulfonamides is 1. The average molecular weight is 493 g/mol. The molecule has 0 fully saturated rings. The van der Waals surface area contributed by atoms with Crippen LogP contribution in [0.25, 0.3) is 0 Å². The summed E-state index contributed by atoms with van der Waals surface area (Å²) in [7, 11) is -3.69. The summed E-state index contributed by atoms with van der Waals surface area (Å²) < 4.78 is 32.9. The standard InChI is InChI=1S/C23H22Cl2N2O4S/c1-3-27(32(29,30)20-11-4-16(2)5-12-20)18-7-9-19(10-8-18)31-15-23(28)26-17-6-13-21(24)22(25)14-17/h4-14H,3,15H2,1-2H3,(H,26,28). The van der Waals surface area contributed by atoms with Crippen molar-refractivity contribution < 1.29 is 17.9 Å². The summed E-state index contributed by atoms with van der Waals surface area (Å²) >= 11 is 11.8. The molecule has 0 unspecified atom stereocenters. The first-order chi connectivity index (χ1) is 15.2. The third-order valence-corrected chi connectivity index (χ3v) is 7.25. The Balaban J connectivity index is 1.65. The van der Waals surface area contributed by atoms with Crippen molar-refractivity contribution in [1.82, 2.24) is 0 Å². The lowest BCUT2D eigenvalue weighted by molar-refractivity contribution is -0.118. The van der Waals surface area contributed by atoms with Crippen LogP contribution in [0.3, 0.4) is 0 Å². The van der Waals surface area contributed by atoms with Crippen LogP contribution in [0.2, 0.25) is 10.0 Å². The van der Waals surface area contributed by atoms with E-state index in [1.165, 1.54) is 4.31 Å². The van der Waals surface area contributed by atoms with E-state index in [1.807, 2.05) is 6.92 Å². The van der Waals surface area contributed by atoms with Crippen LogP contribution in [0.4, 0.5) is 11.4 Å². The van der Waals surface area contributed by atoms with Gasteiger partial charge in [0.25, 0.3) is 15.9 Å². The first-order valence-corrected chi connectivity index (χ1v) is 12.0. The molecular weight excluding hydrogens is 471 g/mol. The minimum absolute atomic E-state index is 0.223. The van der Waals surface area contributed by atoms with Crippen LogP contribution >= 0.6 is 23.2 Å². The maximum Gasteiger partial charge on any atom is 0.264 e. The molecule has 168 valence electrons. The number of hydrogen-bond donors (Lipinski definition) is 1. The molecule has 3 aromatic carbocycles. The lowest BCUT2D eigenvalue weighted by Crippen LogP contribution is -2.30. The molecule has 0 radical (unpaired) electrons. The summed E-state index contributed by atoms with van der Waals surface area (Å²) in [6.07, 6.45) is 0. The highest BCUT2D eigenvalue weighted by molar-refractivity contribution is 7.92. The number of amides is 1. The van der Waals surface area contributed by atoms with E-state index in [9.17, 15) is 13.2 Å². The normalized spacial score (nSPS) is 11.1. The summed E-state index contributed by atoms with van der Waals surface area (Å²) in [5, 5.41) is 3.40. The Morgan fingerprint density at radius 2 is 1.62 bits per heavy atom. The van der Waals surface area contributed by atoms with Crippen molar-refractivity contribution in [2.45, 2.75) is 18.7 Å². The number of rotatable bonds is 8. The van der Waals surface area contributed by atoms with Crippen molar-refractivity contribution >= 4 is 50.5 Å². The third kappa shape index (κ3) is 5.73. The van der Waals surface area contributed by atoms with E-state index in [2.05, 4.69) is 5.32 Å². The van der Waals surface area contributed by atoms with Crippen LogP contribution in [-0.4, -0.2) is 27.5 Å². The lowest BCUT2D eigenvalue weighted by Gasteiger charge is -2.23. The molecule has 1 amide bonds. The molecule has 0 heterocycles. The largest absolute Gasteiger partial charge is 0.484 e. The molecule has 0 bridgehead atoms. The average Bonchev–Trinajstić information content (AvgIpc) is 2.76. The molecule has 9 heteroatoms. The Morgan fingerprint density at radius 3 is 2.22 bits per heavy atom. The van der Waals surface area contributed by atoms with E-state index in [4.69, 9.17) is 27.9 Å². The van der Waals surface area contributed by atoms with Crippen LogP contribution in [0.15, 0.2) is 71.6 Å². The van der Waals surface area contributed by atoms with Gasteiger partial charge in [0.2, 0.25) is 0 Å². The zero-order valence-electron chi connectivity index (χ0n) is 17.5. The number of benzene rings is 3. The Kier molecular flexibility index (Phi) is 7.66. The van der Waals surface area contributed by atoms with Crippen molar-refractivity contribution in [3.8, 4) is 5.75 Å². The number of carbonyl (C=O) groups is 1. The van der Waals surface area contributed by atoms with Gasteiger partial charge in [-0.1, -0.05) is 40.9 Å². The van der Waals surface area contributed by atoms with E-state index >= 15 is 0 Å². The zero-order chi connectivity index (χ0) is 23.3.